The van der Waals surface area contributed by atoms with Crippen LogP contribution in [0.5, 0.6) is 5.75 Å². The molecule has 1 rings (SSSR count). The van der Waals surface area contributed by atoms with Crippen LogP contribution in [-0.2, 0) is 0 Å². The Hall–Kier alpha value is -1.72. The fourth-order valence-corrected chi connectivity index (χ4v) is 1.04. The molecular formula is C9H8F3NO2. The second-order valence-corrected chi connectivity index (χ2v) is 2.80. The maximum absolute atomic E-state index is 13.1. The number of Topliss-reactive ketones (excluding diaryl/α,β-unsaturated/α-hetero) is 1. The minimum absolute atomic E-state index is 0.280. The Labute approximate surface area is 83.6 Å². The molecule has 0 saturated carbocycles. The number of nitrogen functional groups attached to an aromatic ring is 1. The largest absolute Gasteiger partial charge is 0.433 e. The van der Waals surface area contributed by atoms with Gasteiger partial charge in [0.15, 0.2) is 5.78 Å². The molecule has 0 spiro atoms. The molecule has 0 saturated heterocycles. The minimum atomic E-state index is -3.07. The molecule has 0 aliphatic carbocycles. The molecule has 0 unspecified atom stereocenters. The lowest BCUT2D eigenvalue weighted by Gasteiger charge is -2.09. The second kappa shape index (κ2) is 4.20. The molecule has 1 aromatic rings. The fraction of sp³-hybridized carbons (Fsp3) is 0.222. The number of nitrogens with two attached hydrogens (primary N) is 1. The Morgan fingerprint density at radius 3 is 2.53 bits per heavy atom. The first kappa shape index (κ1) is 11.4. The molecule has 0 aromatic heterocycles. The van der Waals surface area contributed by atoms with Crippen molar-refractivity contribution in [2.24, 2.45) is 0 Å². The van der Waals surface area contributed by atoms with Crippen molar-refractivity contribution in [2.75, 3.05) is 5.73 Å². The number of ketones is 1. The van der Waals surface area contributed by atoms with E-state index in [0.29, 0.717) is 0 Å². The van der Waals surface area contributed by atoms with E-state index in [4.69, 9.17) is 5.73 Å². The third-order valence-electron chi connectivity index (χ3n) is 1.69. The van der Waals surface area contributed by atoms with Gasteiger partial charge in [0.05, 0.1) is 11.3 Å². The Morgan fingerprint density at radius 1 is 1.47 bits per heavy atom. The summed E-state index contributed by atoms with van der Waals surface area (Å²) < 4.78 is 40.8. The Kier molecular flexibility index (Phi) is 3.18. The first-order valence-electron chi connectivity index (χ1n) is 3.96. The van der Waals surface area contributed by atoms with E-state index in [1.165, 1.54) is 0 Å². The van der Waals surface area contributed by atoms with Crippen LogP contribution >= 0.6 is 0 Å². The van der Waals surface area contributed by atoms with E-state index in [-0.39, 0.29) is 11.3 Å². The summed E-state index contributed by atoms with van der Waals surface area (Å²) in [6.07, 6.45) is 0. The molecule has 3 nitrogen and oxygen atoms in total. The summed E-state index contributed by atoms with van der Waals surface area (Å²) in [5.41, 5.74) is 4.62. The van der Waals surface area contributed by atoms with Crippen LogP contribution in [0.3, 0.4) is 0 Å². The predicted molar refractivity (Wildman–Crippen MR) is 47.4 cm³/mol. The summed E-state index contributed by atoms with van der Waals surface area (Å²) in [4.78, 5) is 10.9. The summed E-state index contributed by atoms with van der Waals surface area (Å²) in [6, 6.07) is 1.63. The molecule has 82 valence electrons. The van der Waals surface area contributed by atoms with Crippen LogP contribution in [0, 0.1) is 5.82 Å². The van der Waals surface area contributed by atoms with Gasteiger partial charge in [-0.2, -0.15) is 8.78 Å². The van der Waals surface area contributed by atoms with Gasteiger partial charge in [-0.1, -0.05) is 0 Å². The van der Waals surface area contributed by atoms with Gasteiger partial charge in [0, 0.05) is 6.07 Å². The van der Waals surface area contributed by atoms with Crippen molar-refractivity contribution in [1.29, 1.82) is 0 Å². The number of carbonyl (C=O) groups excluding carboxylic acids is 1. The van der Waals surface area contributed by atoms with Crippen molar-refractivity contribution in [2.45, 2.75) is 13.5 Å². The molecule has 0 bridgehead atoms. The highest BCUT2D eigenvalue weighted by Gasteiger charge is 2.14. The van der Waals surface area contributed by atoms with Crippen LogP contribution in [-0.4, -0.2) is 12.4 Å². The molecule has 2 N–H and O–H groups in total. The Morgan fingerprint density at radius 2 is 2.07 bits per heavy atom. The molecule has 0 fully saturated rings. The van der Waals surface area contributed by atoms with Crippen LogP contribution in [0.15, 0.2) is 12.1 Å². The number of rotatable bonds is 3. The number of halogens is 3. The lowest BCUT2D eigenvalue weighted by Crippen LogP contribution is -2.07. The highest BCUT2D eigenvalue weighted by molar-refractivity contribution is 5.95. The van der Waals surface area contributed by atoms with E-state index in [1.54, 1.807) is 0 Å². The van der Waals surface area contributed by atoms with Gasteiger partial charge in [-0.3, -0.25) is 4.79 Å². The average molecular weight is 219 g/mol. The number of anilines is 1. The van der Waals surface area contributed by atoms with Gasteiger partial charge in [0.25, 0.3) is 0 Å². The minimum Gasteiger partial charge on any atom is -0.433 e. The maximum Gasteiger partial charge on any atom is 0.387 e. The number of carbonyl (C=O) groups is 1. The van der Waals surface area contributed by atoms with E-state index >= 15 is 0 Å². The first-order valence-corrected chi connectivity index (χ1v) is 3.96. The lowest BCUT2D eigenvalue weighted by molar-refractivity contribution is -0.0494. The molecule has 0 heterocycles. The highest BCUT2D eigenvalue weighted by atomic mass is 19.3. The van der Waals surface area contributed by atoms with E-state index in [2.05, 4.69) is 4.74 Å². The van der Waals surface area contributed by atoms with Crippen LogP contribution in [0.25, 0.3) is 0 Å². The lowest BCUT2D eigenvalue weighted by atomic mass is 10.1. The molecule has 0 aliphatic heterocycles. The fourth-order valence-electron chi connectivity index (χ4n) is 1.04. The van der Waals surface area contributed by atoms with Gasteiger partial charge in [-0.05, 0) is 13.0 Å². The van der Waals surface area contributed by atoms with E-state index in [1.807, 2.05) is 0 Å². The second-order valence-electron chi connectivity index (χ2n) is 2.80. The molecule has 0 radical (unpaired) electrons. The third-order valence-corrected chi connectivity index (χ3v) is 1.69. The van der Waals surface area contributed by atoms with Crippen molar-refractivity contribution < 1.29 is 22.7 Å². The van der Waals surface area contributed by atoms with Crippen LogP contribution < -0.4 is 10.5 Å². The summed E-state index contributed by atoms with van der Waals surface area (Å²) >= 11 is 0. The zero-order valence-corrected chi connectivity index (χ0v) is 7.76. The molecule has 15 heavy (non-hydrogen) atoms. The van der Waals surface area contributed by atoms with Crippen molar-refractivity contribution in [3.8, 4) is 5.75 Å². The van der Waals surface area contributed by atoms with Gasteiger partial charge >= 0.3 is 6.61 Å². The monoisotopic (exact) mass is 219 g/mol. The molecule has 0 atom stereocenters. The smallest absolute Gasteiger partial charge is 0.387 e. The number of alkyl halides is 2. The SMILES string of the molecule is CC(=O)c1cc(OC(F)F)c(N)cc1F. The average Bonchev–Trinajstić information content (AvgIpc) is 2.08. The maximum atomic E-state index is 13.1. The molecule has 6 heteroatoms. The van der Waals surface area contributed by atoms with Crippen molar-refractivity contribution >= 4 is 11.5 Å². The number of hydrogen-bond acceptors (Lipinski definition) is 3. The molecule has 0 aliphatic rings. The summed E-state index contributed by atoms with van der Waals surface area (Å²) in [5, 5.41) is 0. The van der Waals surface area contributed by atoms with E-state index in [0.717, 1.165) is 19.1 Å². The first-order chi connectivity index (χ1) is 6.91. The number of benzene rings is 1. The summed E-state index contributed by atoms with van der Waals surface area (Å²) in [6.45, 7) is -1.96. The third kappa shape index (κ3) is 2.61. The molecule has 0 amide bonds. The van der Waals surface area contributed by atoms with Crippen molar-refractivity contribution in [3.05, 3.63) is 23.5 Å². The zero-order valence-electron chi connectivity index (χ0n) is 7.76. The number of ether oxygens (including phenoxy) is 1. The predicted octanol–water partition coefficient (Wildman–Crippen LogP) is 2.21. The normalized spacial score (nSPS) is 10.5. The van der Waals surface area contributed by atoms with Gasteiger partial charge in [0.1, 0.15) is 11.6 Å². The standard InChI is InChI=1S/C9H8F3NO2/c1-4(14)5-2-8(15-9(11)12)7(13)3-6(5)10/h2-3,9H,13H2,1H3. The summed E-state index contributed by atoms with van der Waals surface area (Å²) in [5.74, 6) is -1.86. The Bertz CT molecular complexity index is 393. The van der Waals surface area contributed by atoms with Gasteiger partial charge < -0.3 is 10.5 Å². The topological polar surface area (TPSA) is 52.3 Å². The highest BCUT2D eigenvalue weighted by Crippen LogP contribution is 2.27. The molecular weight excluding hydrogens is 211 g/mol. The van der Waals surface area contributed by atoms with Gasteiger partial charge in [-0.15, -0.1) is 0 Å². The molecule has 1 aromatic carbocycles. The van der Waals surface area contributed by atoms with E-state index < -0.39 is 24.0 Å². The van der Waals surface area contributed by atoms with E-state index in [9.17, 15) is 18.0 Å². The van der Waals surface area contributed by atoms with Crippen molar-refractivity contribution in [3.63, 3.8) is 0 Å². The summed E-state index contributed by atoms with van der Waals surface area (Å²) in [7, 11) is 0. The van der Waals surface area contributed by atoms with Crippen LogP contribution in [0.4, 0.5) is 18.9 Å². The number of hydrogen-bond donors (Lipinski definition) is 1. The Balaban J connectivity index is 3.17. The van der Waals surface area contributed by atoms with Crippen LogP contribution in [0.1, 0.15) is 17.3 Å². The quantitative estimate of drug-likeness (QED) is 0.626. The van der Waals surface area contributed by atoms with Crippen molar-refractivity contribution in [1.82, 2.24) is 0 Å². The van der Waals surface area contributed by atoms with Crippen LogP contribution in [0.2, 0.25) is 0 Å². The zero-order chi connectivity index (χ0) is 11.6. The van der Waals surface area contributed by atoms with Gasteiger partial charge in [0.2, 0.25) is 0 Å². The van der Waals surface area contributed by atoms with Gasteiger partial charge in [-0.25, -0.2) is 4.39 Å².